The topological polar surface area (TPSA) is 213 Å². The molecule has 14 rings (SSSR count). The lowest BCUT2D eigenvalue weighted by molar-refractivity contribution is -0.237. The number of morpholine rings is 2. The zero-order valence-corrected chi connectivity index (χ0v) is 56.8. The van der Waals surface area contributed by atoms with E-state index in [0.717, 1.165) is 64.7 Å². The van der Waals surface area contributed by atoms with Gasteiger partial charge >= 0.3 is 11.9 Å². The molecule has 9 saturated carbocycles. The number of aliphatic hydroxyl groups excluding tert-OH is 2. The predicted octanol–water partition coefficient (Wildman–Crippen LogP) is 9.94. The SMILES string of the molecule is CC(=O)O[C@@H]([C@H]1C[C@@H](C)C2=C(O1)[C@H](O)[C@@]1(C)[C@@H]3CC[C@H]4C(C)(C)[C@@H](O[C@H]5CNCCO5)CC[C@@]45C[C@@]35CC[C@]21C)C(C)(C)O.CC(=O)O[C@@H]([C@H]1C[C@@H](C)C2C(O1)[C@H](O)[C@@]1(C)[C@@H]3CC[C@H]4C(C)(C)[C@@H](O[C@H]5CNCCO5)CC[C@@]45C[C@@]35CC[C@]21C)C(C)(C)O. The fourth-order valence-electron chi connectivity index (χ4n) is 26.2. The quantitative estimate of drug-likeness (QED) is 0.112. The van der Waals surface area contributed by atoms with E-state index in [1.807, 2.05) is 0 Å². The van der Waals surface area contributed by atoms with E-state index in [0.29, 0.717) is 66.3 Å². The van der Waals surface area contributed by atoms with E-state index in [4.69, 9.17) is 37.9 Å². The second-order valence-corrected chi connectivity index (χ2v) is 35.3. The molecule has 0 aromatic rings. The molecule has 498 valence electrons. The summed E-state index contributed by atoms with van der Waals surface area (Å²) in [6.07, 6.45) is 13.6. The molecule has 0 aromatic carbocycles. The number of hydrogen-bond donors (Lipinski definition) is 6. The third kappa shape index (κ3) is 8.98. The molecule has 16 heteroatoms. The first-order valence-electron chi connectivity index (χ1n) is 35.2. The van der Waals surface area contributed by atoms with E-state index in [1.165, 1.54) is 70.8 Å². The number of carbonyl (C=O) groups excluding carboxylic acids is 2. The molecule has 3 saturated heterocycles. The highest BCUT2D eigenvalue weighted by atomic mass is 16.7. The van der Waals surface area contributed by atoms with Crippen molar-refractivity contribution in [1.29, 1.82) is 0 Å². The summed E-state index contributed by atoms with van der Waals surface area (Å²) >= 11 is 0. The second-order valence-electron chi connectivity index (χ2n) is 35.3. The van der Waals surface area contributed by atoms with Crippen LogP contribution in [0.1, 0.15) is 214 Å². The van der Waals surface area contributed by atoms with Gasteiger partial charge < -0.3 is 69.0 Å². The molecule has 2 unspecified atom stereocenters. The average Bonchev–Trinajstić information content (AvgIpc) is 1.47. The van der Waals surface area contributed by atoms with E-state index in [2.05, 4.69) is 79.9 Å². The maximum absolute atomic E-state index is 12.5. The lowest BCUT2D eigenvalue weighted by Gasteiger charge is -2.64. The van der Waals surface area contributed by atoms with Gasteiger partial charge in [0.25, 0.3) is 0 Å². The lowest BCUT2D eigenvalue weighted by Crippen LogP contribution is -2.60. The minimum absolute atomic E-state index is 0.0409. The molecule has 26 atom stereocenters. The molecule has 0 amide bonds. The van der Waals surface area contributed by atoms with E-state index >= 15 is 0 Å². The Morgan fingerprint density at radius 1 is 0.602 bits per heavy atom. The molecule has 16 nitrogen and oxygen atoms in total. The summed E-state index contributed by atoms with van der Waals surface area (Å²) in [4.78, 5) is 24.1. The number of carbonyl (C=O) groups is 2. The number of nitrogens with one attached hydrogen (secondary N) is 2. The van der Waals surface area contributed by atoms with Gasteiger partial charge in [-0.1, -0.05) is 69.2 Å². The van der Waals surface area contributed by atoms with Crippen molar-refractivity contribution in [2.75, 3.05) is 39.4 Å². The Morgan fingerprint density at radius 2 is 1.07 bits per heavy atom. The summed E-state index contributed by atoms with van der Waals surface area (Å²) in [5.74, 6) is 2.61. The molecule has 14 aliphatic rings. The molecule has 12 fully saturated rings. The Kier molecular flexibility index (Phi) is 15.6. The van der Waals surface area contributed by atoms with Crippen LogP contribution in [0, 0.1) is 95.6 Å². The minimum Gasteiger partial charge on any atom is -0.488 e. The number of allylic oxidation sites excluding steroid dienone is 1. The lowest BCUT2D eigenvalue weighted by atomic mass is 9.41. The third-order valence-electron chi connectivity index (χ3n) is 30.0. The van der Waals surface area contributed by atoms with Gasteiger partial charge in [-0.2, -0.15) is 0 Å². The first-order valence-corrected chi connectivity index (χ1v) is 35.2. The fraction of sp³-hybridized carbons (Fsp3) is 0.944. The van der Waals surface area contributed by atoms with E-state index in [9.17, 15) is 30.0 Å². The summed E-state index contributed by atoms with van der Waals surface area (Å²) in [5.41, 5.74) is -0.728. The molecule has 4 aliphatic heterocycles. The summed E-state index contributed by atoms with van der Waals surface area (Å²) in [6.45, 7) is 38.2. The molecular weight excluding hydrogens is 1120 g/mol. The van der Waals surface area contributed by atoms with Crippen molar-refractivity contribution >= 4 is 11.9 Å². The van der Waals surface area contributed by atoms with Gasteiger partial charge in [-0.3, -0.25) is 9.59 Å². The monoisotopic (exact) mass is 1230 g/mol. The first kappa shape index (κ1) is 64.7. The van der Waals surface area contributed by atoms with Crippen molar-refractivity contribution in [2.45, 2.75) is 292 Å². The van der Waals surface area contributed by atoms with Crippen LogP contribution in [0.3, 0.4) is 0 Å². The number of ether oxygens (including phenoxy) is 8. The van der Waals surface area contributed by atoms with Crippen molar-refractivity contribution < 1.29 is 67.9 Å². The Labute approximate surface area is 526 Å². The van der Waals surface area contributed by atoms with Crippen LogP contribution in [0.2, 0.25) is 0 Å². The first-order chi connectivity index (χ1) is 41.1. The van der Waals surface area contributed by atoms with Crippen molar-refractivity contribution in [3.63, 3.8) is 0 Å². The van der Waals surface area contributed by atoms with Gasteiger partial charge in [-0.25, -0.2) is 0 Å². The highest BCUT2D eigenvalue weighted by molar-refractivity contribution is 5.66. The van der Waals surface area contributed by atoms with Crippen LogP contribution in [-0.2, 0) is 47.5 Å². The molecule has 4 heterocycles. The number of rotatable bonds is 10. The highest BCUT2D eigenvalue weighted by Gasteiger charge is 2.86. The highest BCUT2D eigenvalue weighted by Crippen LogP contribution is 2.91. The van der Waals surface area contributed by atoms with Gasteiger partial charge in [0.05, 0.1) is 54.9 Å². The van der Waals surface area contributed by atoms with Crippen LogP contribution in [-0.4, -0.2) is 150 Å². The van der Waals surface area contributed by atoms with Crippen LogP contribution in [0.5, 0.6) is 0 Å². The number of aliphatic hydroxyl groups is 4. The second kappa shape index (κ2) is 21.3. The van der Waals surface area contributed by atoms with Gasteiger partial charge in [0.15, 0.2) is 24.8 Å². The zero-order chi connectivity index (χ0) is 63.3. The Morgan fingerprint density at radius 3 is 1.55 bits per heavy atom. The third-order valence-corrected chi connectivity index (χ3v) is 30.0. The Hall–Kier alpha value is -1.96. The molecular formula is C72H116N2O14. The smallest absolute Gasteiger partial charge is 0.303 e. The van der Waals surface area contributed by atoms with Gasteiger partial charge in [0.1, 0.15) is 18.0 Å². The van der Waals surface area contributed by atoms with Crippen molar-refractivity contribution in [2.24, 2.45) is 95.6 Å². The van der Waals surface area contributed by atoms with Crippen molar-refractivity contribution in [3.05, 3.63) is 11.3 Å². The van der Waals surface area contributed by atoms with Gasteiger partial charge in [-0.05, 0) is 215 Å². The Balaban J connectivity index is 0.000000162. The van der Waals surface area contributed by atoms with Gasteiger partial charge in [-0.15, -0.1) is 0 Å². The Bertz CT molecular complexity index is 2650. The van der Waals surface area contributed by atoms with E-state index in [-0.39, 0.29) is 92.0 Å². The minimum atomic E-state index is -1.27. The predicted molar refractivity (Wildman–Crippen MR) is 331 cm³/mol. The molecule has 88 heavy (non-hydrogen) atoms. The average molecular weight is 1230 g/mol. The standard InChI is InChI=1S/C36H59NO7.C36H57NO7/c2*1-20-17-22(30(32(5,6)40)42-21(2)38)43-28-27(20)33(7)13-14-36-19-35(36)12-11-25(44-26-18-37-15-16-41-26)31(3,4)23(35)9-10-24(36)34(33,8)29(28)39/h20,22-30,37,39-40H,9-19H2,1-8H3;20,22-26,29-30,37,39-40H,9-19H2,1-8H3/t20-,22-,23+,24+,25+,26+,27?,28?,29+,30+,33-,34-,35-,36+;20-,22-,23+,24+,25+,26+,29+,30+,33-,34-,35-,36+/m11/s1. The van der Waals surface area contributed by atoms with Crippen molar-refractivity contribution in [1.82, 2.24) is 10.6 Å². The molecule has 10 aliphatic carbocycles. The van der Waals surface area contributed by atoms with Crippen LogP contribution >= 0.6 is 0 Å². The molecule has 0 radical (unpaired) electrons. The van der Waals surface area contributed by atoms with Gasteiger partial charge in [0, 0.05) is 56.3 Å². The zero-order valence-electron chi connectivity index (χ0n) is 56.8. The fourth-order valence-corrected chi connectivity index (χ4v) is 26.2. The maximum Gasteiger partial charge on any atom is 0.303 e. The normalized spacial score (nSPS) is 51.5. The molecule has 0 aromatic heterocycles. The van der Waals surface area contributed by atoms with Gasteiger partial charge in [0.2, 0.25) is 0 Å². The van der Waals surface area contributed by atoms with E-state index in [1.54, 1.807) is 27.7 Å². The number of hydrogen-bond acceptors (Lipinski definition) is 16. The number of esters is 2. The maximum atomic E-state index is 12.5. The summed E-state index contributed by atoms with van der Waals surface area (Å²) in [5, 5.41) is 53.8. The van der Waals surface area contributed by atoms with Crippen LogP contribution < -0.4 is 10.6 Å². The number of fused-ring (bicyclic) bond motifs is 7. The molecule has 4 spiro atoms. The van der Waals surface area contributed by atoms with E-state index < -0.39 is 59.8 Å². The largest absolute Gasteiger partial charge is 0.488 e. The van der Waals surface area contributed by atoms with Crippen molar-refractivity contribution in [3.8, 4) is 0 Å². The molecule has 6 N–H and O–H groups in total. The van der Waals surface area contributed by atoms with Crippen LogP contribution in [0.25, 0.3) is 0 Å². The van der Waals surface area contributed by atoms with Crippen LogP contribution in [0.4, 0.5) is 0 Å². The summed E-state index contributed by atoms with van der Waals surface area (Å²) < 4.78 is 50.2. The molecule has 0 bridgehead atoms. The summed E-state index contributed by atoms with van der Waals surface area (Å²) in [6, 6.07) is 0. The van der Waals surface area contributed by atoms with Crippen LogP contribution in [0.15, 0.2) is 11.3 Å². The summed E-state index contributed by atoms with van der Waals surface area (Å²) in [7, 11) is 0.